The van der Waals surface area contributed by atoms with Crippen molar-refractivity contribution in [3.8, 4) is 0 Å². The summed E-state index contributed by atoms with van der Waals surface area (Å²) in [4.78, 5) is 21.9. The number of carbonyl (C=O) groups is 1. The minimum atomic E-state index is -1.00. The standard InChI is InChI=1S/C5H7N3O3/c1-2-3-4(9)5(7-6)8(10)11/h2-3H2,1H3. The quantitative estimate of drug-likeness (QED) is 0.147. The Morgan fingerprint density at radius 1 is 1.73 bits per heavy atom. The number of amidine groups is 1. The maximum Gasteiger partial charge on any atom is 0.647 e. The smallest absolute Gasteiger partial charge is 0.354 e. The monoisotopic (exact) mass is 157 g/mol. The number of rotatable bonds is 3. The van der Waals surface area contributed by atoms with E-state index < -0.39 is 16.5 Å². The van der Waals surface area contributed by atoms with E-state index in [4.69, 9.17) is 5.53 Å². The molecule has 0 aliphatic heterocycles. The van der Waals surface area contributed by atoms with Crippen molar-refractivity contribution in [1.29, 1.82) is 0 Å². The molecule has 0 aliphatic rings. The summed E-state index contributed by atoms with van der Waals surface area (Å²) in [6.45, 7) is 1.70. The minimum absolute atomic E-state index is 0.0281. The van der Waals surface area contributed by atoms with E-state index in [2.05, 4.69) is 4.79 Å². The Bertz CT molecular complexity index is 229. The lowest BCUT2D eigenvalue weighted by Gasteiger charge is -1.83. The van der Waals surface area contributed by atoms with Crippen LogP contribution in [0, 0.1) is 10.1 Å². The SMILES string of the molecule is CCCC(=O)C(=[N+]=[N-])[N+](=O)[O-]. The average molecular weight is 157 g/mol. The van der Waals surface area contributed by atoms with Gasteiger partial charge in [0.25, 0.3) is 0 Å². The molecule has 6 heteroatoms. The highest BCUT2D eigenvalue weighted by Crippen LogP contribution is 1.90. The van der Waals surface area contributed by atoms with E-state index in [0.717, 1.165) is 0 Å². The number of hydrogen-bond acceptors (Lipinski definition) is 3. The molecule has 11 heavy (non-hydrogen) atoms. The normalized spacial score (nSPS) is 8.45. The zero-order chi connectivity index (χ0) is 8.85. The van der Waals surface area contributed by atoms with Crippen LogP contribution in [-0.4, -0.2) is 21.3 Å². The molecule has 6 nitrogen and oxygen atoms in total. The van der Waals surface area contributed by atoms with Crippen LogP contribution in [0.3, 0.4) is 0 Å². The molecule has 0 unspecified atom stereocenters. The van der Waals surface area contributed by atoms with Gasteiger partial charge in [0.15, 0.2) is 0 Å². The van der Waals surface area contributed by atoms with Gasteiger partial charge in [-0.3, -0.25) is 14.9 Å². The lowest BCUT2D eigenvalue weighted by atomic mass is 10.2. The van der Waals surface area contributed by atoms with Crippen LogP contribution in [0.25, 0.3) is 5.53 Å². The molecule has 0 fully saturated rings. The van der Waals surface area contributed by atoms with Gasteiger partial charge >= 0.3 is 11.6 Å². The van der Waals surface area contributed by atoms with Crippen molar-refractivity contribution in [3.05, 3.63) is 15.6 Å². The van der Waals surface area contributed by atoms with E-state index in [1.54, 1.807) is 6.92 Å². The predicted molar refractivity (Wildman–Crippen MR) is 35.5 cm³/mol. The third-order valence-electron chi connectivity index (χ3n) is 0.994. The third-order valence-corrected chi connectivity index (χ3v) is 0.994. The fourth-order valence-electron chi connectivity index (χ4n) is 0.533. The van der Waals surface area contributed by atoms with Crippen LogP contribution in [0.4, 0.5) is 0 Å². The Kier molecular flexibility index (Phi) is 3.69. The summed E-state index contributed by atoms with van der Waals surface area (Å²) in [7, 11) is 0. The van der Waals surface area contributed by atoms with E-state index in [1.165, 1.54) is 0 Å². The van der Waals surface area contributed by atoms with Gasteiger partial charge in [-0.1, -0.05) is 11.7 Å². The molecule has 0 atom stereocenters. The first kappa shape index (κ1) is 9.45. The summed E-state index contributed by atoms with van der Waals surface area (Å²) in [6, 6.07) is 0. The Morgan fingerprint density at radius 2 is 2.27 bits per heavy atom. The first-order chi connectivity index (χ1) is 5.13. The van der Waals surface area contributed by atoms with Crippen molar-refractivity contribution < 1.29 is 14.5 Å². The van der Waals surface area contributed by atoms with Crippen LogP contribution in [-0.2, 0) is 4.79 Å². The van der Waals surface area contributed by atoms with Gasteiger partial charge in [0.1, 0.15) is 4.92 Å². The lowest BCUT2D eigenvalue weighted by molar-refractivity contribution is -0.381. The highest BCUT2D eigenvalue weighted by atomic mass is 16.6. The molecule has 0 amide bonds. The van der Waals surface area contributed by atoms with Crippen molar-refractivity contribution in [2.75, 3.05) is 0 Å². The molecule has 60 valence electrons. The Morgan fingerprint density at radius 3 is 2.55 bits per heavy atom. The van der Waals surface area contributed by atoms with Crippen LogP contribution in [0.1, 0.15) is 19.8 Å². The van der Waals surface area contributed by atoms with Crippen molar-refractivity contribution >= 4 is 11.6 Å². The molecule has 0 bridgehead atoms. The molecule has 0 saturated heterocycles. The molecular weight excluding hydrogens is 150 g/mol. The second-order valence-corrected chi connectivity index (χ2v) is 1.85. The Labute approximate surface area is 62.6 Å². The summed E-state index contributed by atoms with van der Waals surface area (Å²) in [6.07, 6.45) is 0.520. The van der Waals surface area contributed by atoms with Gasteiger partial charge in [-0.25, -0.2) is 0 Å². The van der Waals surface area contributed by atoms with Gasteiger partial charge in [0.2, 0.25) is 0 Å². The van der Waals surface area contributed by atoms with Crippen LogP contribution < -0.4 is 0 Å². The summed E-state index contributed by atoms with van der Waals surface area (Å²) in [5.74, 6) is -1.74. The van der Waals surface area contributed by atoms with Crippen LogP contribution in [0.5, 0.6) is 0 Å². The van der Waals surface area contributed by atoms with Gasteiger partial charge in [-0.2, -0.15) is 0 Å². The predicted octanol–water partition coefficient (Wildman–Crippen LogP) is 0.261. The first-order valence-electron chi connectivity index (χ1n) is 3.03. The molecule has 0 aromatic carbocycles. The van der Waals surface area contributed by atoms with Crippen LogP contribution in [0.2, 0.25) is 0 Å². The van der Waals surface area contributed by atoms with Crippen molar-refractivity contribution in [3.63, 3.8) is 0 Å². The van der Waals surface area contributed by atoms with Crippen molar-refractivity contribution in [2.24, 2.45) is 0 Å². The zero-order valence-corrected chi connectivity index (χ0v) is 5.98. The van der Waals surface area contributed by atoms with E-state index in [9.17, 15) is 14.9 Å². The van der Waals surface area contributed by atoms with E-state index >= 15 is 0 Å². The number of ketones is 1. The van der Waals surface area contributed by atoms with Gasteiger partial charge in [0, 0.05) is 6.42 Å². The summed E-state index contributed by atoms with van der Waals surface area (Å²) in [5, 5.41) is 9.94. The fraction of sp³-hybridized carbons (Fsp3) is 0.600. The highest BCUT2D eigenvalue weighted by Gasteiger charge is 2.32. The molecule has 0 N–H and O–H groups in total. The van der Waals surface area contributed by atoms with Crippen LogP contribution in [0.15, 0.2) is 0 Å². The van der Waals surface area contributed by atoms with Crippen LogP contribution >= 0.6 is 0 Å². The number of Topliss-reactive ketones (excluding diaryl/α,β-unsaturated/α-hetero) is 1. The van der Waals surface area contributed by atoms with E-state index in [1.807, 2.05) is 0 Å². The first-order valence-corrected chi connectivity index (χ1v) is 3.03. The van der Waals surface area contributed by atoms with E-state index in [0.29, 0.717) is 6.42 Å². The maximum absolute atomic E-state index is 10.7. The molecule has 0 aliphatic carbocycles. The van der Waals surface area contributed by atoms with Gasteiger partial charge in [-0.15, -0.1) is 0 Å². The second kappa shape index (κ2) is 4.29. The number of nitrogens with zero attached hydrogens (tertiary/aromatic N) is 3. The molecule has 0 heterocycles. The molecule has 0 aromatic rings. The Balaban J connectivity index is 4.42. The topological polar surface area (TPSA) is 96.6 Å². The molecule has 0 spiro atoms. The highest BCUT2D eigenvalue weighted by molar-refractivity contribution is 6.32. The lowest BCUT2D eigenvalue weighted by Crippen LogP contribution is -2.23. The van der Waals surface area contributed by atoms with Gasteiger partial charge in [-0.05, 0) is 6.42 Å². The molecule has 0 aromatic heterocycles. The fourth-order valence-corrected chi connectivity index (χ4v) is 0.533. The van der Waals surface area contributed by atoms with Crippen molar-refractivity contribution in [2.45, 2.75) is 19.8 Å². The summed E-state index contributed by atoms with van der Waals surface area (Å²) < 4.78 is 0. The number of carbonyl (C=O) groups excluding carboxylic acids is 1. The van der Waals surface area contributed by atoms with Crippen molar-refractivity contribution in [1.82, 2.24) is 0 Å². The average Bonchev–Trinajstić information content (AvgIpc) is 1.88. The molecule has 0 radical (unpaired) electrons. The number of nitro groups is 1. The molecule has 0 rings (SSSR count). The second-order valence-electron chi connectivity index (χ2n) is 1.85. The third kappa shape index (κ3) is 2.68. The maximum atomic E-state index is 10.7. The zero-order valence-electron chi connectivity index (χ0n) is 5.98. The Hall–Kier alpha value is -1.55. The molecular formula is C5H7N3O3. The summed E-state index contributed by atoms with van der Waals surface area (Å²) >= 11 is 0. The largest absolute Gasteiger partial charge is 0.647 e. The number of hydrogen-bond donors (Lipinski definition) is 0. The molecule has 0 saturated carbocycles. The van der Waals surface area contributed by atoms with Gasteiger partial charge < -0.3 is 5.53 Å². The minimum Gasteiger partial charge on any atom is -0.354 e. The summed E-state index contributed by atoms with van der Waals surface area (Å²) in [5.41, 5.74) is 8.02. The van der Waals surface area contributed by atoms with Gasteiger partial charge in [0.05, 0.1) is 0 Å². The van der Waals surface area contributed by atoms with E-state index in [-0.39, 0.29) is 6.42 Å².